The molecule has 2 heterocycles. The maximum absolute atomic E-state index is 13.9. The van der Waals surface area contributed by atoms with Crippen LogP contribution in [0.15, 0.2) is 188 Å². The van der Waals surface area contributed by atoms with E-state index in [2.05, 4.69) is 138 Å². The van der Waals surface area contributed by atoms with Crippen LogP contribution in [0.1, 0.15) is 27.8 Å². The second-order valence-corrected chi connectivity index (χ2v) is 16.8. The molecule has 11 aromatic rings. The summed E-state index contributed by atoms with van der Waals surface area (Å²) in [5, 5.41) is 25.4. The maximum atomic E-state index is 13.9. The number of nitrogens with zero attached hydrogens (tertiary/aromatic N) is 4. The second kappa shape index (κ2) is 15.6. The van der Waals surface area contributed by atoms with Gasteiger partial charge < -0.3 is 9.13 Å². The highest BCUT2D eigenvalue weighted by molar-refractivity contribution is 6.12. The van der Waals surface area contributed by atoms with Crippen LogP contribution in [-0.2, 0) is 6.18 Å². The molecule has 0 aliphatic carbocycles. The Kier molecular flexibility index (Phi) is 9.46. The summed E-state index contributed by atoms with van der Waals surface area (Å²) in [6.45, 7) is 4.15. The van der Waals surface area contributed by atoms with Gasteiger partial charge in [-0.1, -0.05) is 120 Å². The molecule has 0 aliphatic heterocycles. The van der Waals surface area contributed by atoms with Crippen LogP contribution in [0.4, 0.5) is 13.2 Å². The number of aryl methyl sites for hydroxylation is 2. The van der Waals surface area contributed by atoms with Crippen LogP contribution in [0.3, 0.4) is 0 Å². The smallest absolute Gasteiger partial charge is 0.309 e. The number of alkyl halides is 3. The van der Waals surface area contributed by atoms with Crippen molar-refractivity contribution in [3.05, 3.63) is 216 Å². The molecule has 314 valence electrons. The molecule has 0 atom stereocenters. The molecule has 0 bridgehead atoms. The Morgan fingerprint density at radius 3 is 1.48 bits per heavy atom. The number of para-hydroxylation sites is 2. The Labute approximate surface area is 378 Å². The van der Waals surface area contributed by atoms with E-state index in [4.69, 9.17) is 0 Å². The van der Waals surface area contributed by atoms with Crippen molar-refractivity contribution in [2.24, 2.45) is 0 Å². The standard InChI is InChI=1S/C59H37F3N4/c1-36-11-15-38(16-12-36)40-20-26-56-51(30-40)48-7-3-5-9-54(48)65(56)46-24-19-43(34-63)50(33-46)53-32-42(47-25-23-45(59(60,61)62)29-44(47)35-64)22-28-58(53)66-55-10-6-4-8-49(55)52-31-41(21-27-57(52)66)39-17-13-37(2)14-18-39/h3-33H,1-2H3. The minimum absolute atomic E-state index is 0.103. The molecule has 66 heavy (non-hydrogen) atoms. The zero-order chi connectivity index (χ0) is 45.3. The first-order chi connectivity index (χ1) is 32.1. The molecule has 4 nitrogen and oxygen atoms in total. The van der Waals surface area contributed by atoms with E-state index in [0.717, 1.165) is 89.4 Å². The van der Waals surface area contributed by atoms with Crippen molar-refractivity contribution in [1.29, 1.82) is 10.5 Å². The predicted octanol–water partition coefficient (Wildman–Crippen LogP) is 15.9. The molecule has 0 radical (unpaired) electrons. The van der Waals surface area contributed by atoms with Crippen LogP contribution >= 0.6 is 0 Å². The van der Waals surface area contributed by atoms with Gasteiger partial charge in [0.25, 0.3) is 0 Å². The molecule has 0 fully saturated rings. The highest BCUT2D eigenvalue weighted by atomic mass is 19.4. The van der Waals surface area contributed by atoms with E-state index in [-0.39, 0.29) is 5.56 Å². The van der Waals surface area contributed by atoms with E-state index in [0.29, 0.717) is 27.8 Å². The molecule has 0 saturated heterocycles. The zero-order valence-electron chi connectivity index (χ0n) is 35.8. The Bertz CT molecular complexity index is 3840. The molecule has 11 rings (SSSR count). The average molecular weight is 859 g/mol. The van der Waals surface area contributed by atoms with Crippen molar-refractivity contribution < 1.29 is 13.2 Å². The van der Waals surface area contributed by atoms with Gasteiger partial charge in [0.2, 0.25) is 0 Å². The quantitative estimate of drug-likeness (QED) is 0.167. The molecular formula is C59H37F3N4. The van der Waals surface area contributed by atoms with E-state index < -0.39 is 11.7 Å². The summed E-state index contributed by atoms with van der Waals surface area (Å²) in [6.07, 6.45) is -4.62. The van der Waals surface area contributed by atoms with Crippen molar-refractivity contribution in [3.8, 4) is 68.0 Å². The summed E-state index contributed by atoms with van der Waals surface area (Å²) in [6, 6.07) is 65.7. The van der Waals surface area contributed by atoms with Gasteiger partial charge in [-0.15, -0.1) is 0 Å². The van der Waals surface area contributed by atoms with Crippen LogP contribution < -0.4 is 0 Å². The van der Waals surface area contributed by atoms with Crippen LogP contribution in [0, 0.1) is 36.5 Å². The first kappa shape index (κ1) is 40.1. The van der Waals surface area contributed by atoms with Crippen molar-refractivity contribution >= 4 is 43.6 Å². The third kappa shape index (κ3) is 6.69. The lowest BCUT2D eigenvalue weighted by Crippen LogP contribution is -2.05. The number of hydrogen-bond acceptors (Lipinski definition) is 2. The fourth-order valence-electron chi connectivity index (χ4n) is 9.51. The minimum Gasteiger partial charge on any atom is -0.309 e. The number of rotatable bonds is 6. The summed E-state index contributed by atoms with van der Waals surface area (Å²) in [5.74, 6) is 0. The topological polar surface area (TPSA) is 57.4 Å². The lowest BCUT2D eigenvalue weighted by Gasteiger charge is -2.19. The number of benzene rings is 9. The van der Waals surface area contributed by atoms with Gasteiger partial charge in [-0.25, -0.2) is 0 Å². The molecular weight excluding hydrogens is 822 g/mol. The molecule has 0 unspecified atom stereocenters. The lowest BCUT2D eigenvalue weighted by molar-refractivity contribution is -0.137. The van der Waals surface area contributed by atoms with Crippen molar-refractivity contribution in [1.82, 2.24) is 9.13 Å². The van der Waals surface area contributed by atoms with Crippen LogP contribution in [-0.4, -0.2) is 9.13 Å². The molecule has 2 aromatic heterocycles. The highest BCUT2D eigenvalue weighted by Crippen LogP contribution is 2.43. The third-order valence-electron chi connectivity index (χ3n) is 12.8. The summed E-state index contributed by atoms with van der Waals surface area (Å²) >= 11 is 0. The molecule has 0 saturated carbocycles. The summed E-state index contributed by atoms with van der Waals surface area (Å²) < 4.78 is 46.2. The van der Waals surface area contributed by atoms with Crippen LogP contribution in [0.25, 0.3) is 99.5 Å². The fourth-order valence-corrected chi connectivity index (χ4v) is 9.51. The van der Waals surface area contributed by atoms with Gasteiger partial charge in [-0.2, -0.15) is 23.7 Å². The Balaban J connectivity index is 1.17. The first-order valence-corrected chi connectivity index (χ1v) is 21.6. The Morgan fingerprint density at radius 1 is 0.394 bits per heavy atom. The molecule has 9 aromatic carbocycles. The lowest BCUT2D eigenvalue weighted by atomic mass is 9.91. The van der Waals surface area contributed by atoms with E-state index in [9.17, 15) is 23.7 Å². The van der Waals surface area contributed by atoms with Gasteiger partial charge in [0.1, 0.15) is 0 Å². The Hall–Kier alpha value is -8.65. The van der Waals surface area contributed by atoms with Gasteiger partial charge in [-0.3, -0.25) is 0 Å². The van der Waals surface area contributed by atoms with E-state index in [1.165, 1.54) is 17.2 Å². The normalized spacial score (nSPS) is 11.7. The number of halogens is 3. The van der Waals surface area contributed by atoms with Gasteiger partial charge in [0.15, 0.2) is 0 Å². The number of aromatic nitrogens is 2. The third-order valence-corrected chi connectivity index (χ3v) is 12.8. The minimum atomic E-state index is -4.62. The largest absolute Gasteiger partial charge is 0.416 e. The molecule has 0 N–H and O–H groups in total. The number of hydrogen-bond donors (Lipinski definition) is 0. The van der Waals surface area contributed by atoms with Gasteiger partial charge in [0.05, 0.1) is 56.6 Å². The molecule has 0 aliphatic rings. The van der Waals surface area contributed by atoms with Crippen molar-refractivity contribution in [2.45, 2.75) is 20.0 Å². The number of nitriles is 2. The zero-order valence-corrected chi connectivity index (χ0v) is 35.8. The molecule has 0 spiro atoms. The average Bonchev–Trinajstić information content (AvgIpc) is 3.85. The number of fused-ring (bicyclic) bond motifs is 6. The summed E-state index contributed by atoms with van der Waals surface area (Å²) in [7, 11) is 0. The van der Waals surface area contributed by atoms with Gasteiger partial charge in [-0.05, 0) is 126 Å². The predicted molar refractivity (Wildman–Crippen MR) is 261 cm³/mol. The van der Waals surface area contributed by atoms with Crippen LogP contribution in [0.2, 0.25) is 0 Å². The summed E-state index contributed by atoms with van der Waals surface area (Å²) in [4.78, 5) is 0. The van der Waals surface area contributed by atoms with Crippen molar-refractivity contribution in [2.75, 3.05) is 0 Å². The summed E-state index contributed by atoms with van der Waals surface area (Å²) in [5.41, 5.74) is 13.8. The Morgan fingerprint density at radius 2 is 0.909 bits per heavy atom. The fraction of sp³-hybridized carbons (Fsp3) is 0.0508. The van der Waals surface area contributed by atoms with Crippen molar-refractivity contribution in [3.63, 3.8) is 0 Å². The molecule has 0 amide bonds. The van der Waals surface area contributed by atoms with Crippen LogP contribution in [0.5, 0.6) is 0 Å². The van der Waals surface area contributed by atoms with E-state index in [1.807, 2.05) is 66.7 Å². The van der Waals surface area contributed by atoms with E-state index in [1.54, 1.807) is 0 Å². The molecule has 7 heteroatoms. The second-order valence-electron chi connectivity index (χ2n) is 16.8. The maximum Gasteiger partial charge on any atom is 0.416 e. The SMILES string of the molecule is Cc1ccc(-c2ccc3c(c2)c2ccccc2n3-c2ccc(C#N)c(-c3cc(-c4ccc(C(F)(F)F)cc4C#N)ccc3-n3c4ccccc4c4cc(-c5ccc(C)cc5)ccc43)c2)cc1. The first-order valence-electron chi connectivity index (χ1n) is 21.6. The highest BCUT2D eigenvalue weighted by Gasteiger charge is 2.31. The van der Waals surface area contributed by atoms with E-state index >= 15 is 0 Å². The van der Waals surface area contributed by atoms with Gasteiger partial charge in [0, 0.05) is 38.4 Å². The van der Waals surface area contributed by atoms with Gasteiger partial charge >= 0.3 is 6.18 Å². The monoisotopic (exact) mass is 858 g/mol.